The van der Waals surface area contributed by atoms with Gasteiger partial charge in [-0.15, -0.1) is 11.3 Å². The standard InChI is InChI=1S/C15H19NOS/c1-12(13-7-4-3-5-8-13)16-11-15(2,17)14-9-6-10-18-14/h3-10,12,16-17H,11H2,1-2H3. The molecule has 0 radical (unpaired) electrons. The van der Waals surface area contributed by atoms with Crippen LogP contribution >= 0.6 is 11.3 Å². The third-order valence-electron chi connectivity index (χ3n) is 3.10. The zero-order valence-electron chi connectivity index (χ0n) is 10.8. The Bertz CT molecular complexity index is 465. The van der Waals surface area contributed by atoms with E-state index in [0.29, 0.717) is 6.54 Å². The van der Waals surface area contributed by atoms with Gasteiger partial charge in [-0.2, -0.15) is 0 Å². The first kappa shape index (κ1) is 13.3. The van der Waals surface area contributed by atoms with E-state index < -0.39 is 5.60 Å². The molecule has 1 aromatic heterocycles. The predicted molar refractivity (Wildman–Crippen MR) is 76.7 cm³/mol. The molecular formula is C15H19NOS. The van der Waals surface area contributed by atoms with Crippen LogP contribution in [0, 0.1) is 0 Å². The van der Waals surface area contributed by atoms with Crippen LogP contribution in [0.25, 0.3) is 0 Å². The second kappa shape index (κ2) is 5.65. The van der Waals surface area contributed by atoms with Crippen LogP contribution in [0.1, 0.15) is 30.3 Å². The maximum Gasteiger partial charge on any atom is 0.108 e. The second-order valence-electron chi connectivity index (χ2n) is 4.76. The van der Waals surface area contributed by atoms with Crippen LogP contribution in [-0.4, -0.2) is 11.7 Å². The van der Waals surface area contributed by atoms with Crippen molar-refractivity contribution in [3.05, 3.63) is 58.3 Å². The van der Waals surface area contributed by atoms with E-state index in [0.717, 1.165) is 4.88 Å². The quantitative estimate of drug-likeness (QED) is 0.865. The highest BCUT2D eigenvalue weighted by atomic mass is 32.1. The Balaban J connectivity index is 1.96. The second-order valence-corrected chi connectivity index (χ2v) is 5.71. The SMILES string of the molecule is CC(NCC(C)(O)c1cccs1)c1ccccc1. The fourth-order valence-electron chi connectivity index (χ4n) is 1.88. The molecule has 0 fully saturated rings. The molecule has 0 aliphatic heterocycles. The highest BCUT2D eigenvalue weighted by molar-refractivity contribution is 7.10. The van der Waals surface area contributed by atoms with Crippen molar-refractivity contribution in [2.45, 2.75) is 25.5 Å². The lowest BCUT2D eigenvalue weighted by Crippen LogP contribution is -2.36. The van der Waals surface area contributed by atoms with Crippen LogP contribution in [-0.2, 0) is 5.60 Å². The summed E-state index contributed by atoms with van der Waals surface area (Å²) in [4.78, 5) is 0.996. The van der Waals surface area contributed by atoms with E-state index >= 15 is 0 Å². The molecule has 0 spiro atoms. The van der Waals surface area contributed by atoms with Gasteiger partial charge in [0.1, 0.15) is 5.60 Å². The largest absolute Gasteiger partial charge is 0.383 e. The van der Waals surface area contributed by atoms with Gasteiger partial charge in [-0.05, 0) is 30.9 Å². The van der Waals surface area contributed by atoms with Gasteiger partial charge in [0, 0.05) is 17.5 Å². The van der Waals surface area contributed by atoms with Gasteiger partial charge >= 0.3 is 0 Å². The molecular weight excluding hydrogens is 242 g/mol. The van der Waals surface area contributed by atoms with Gasteiger partial charge < -0.3 is 10.4 Å². The van der Waals surface area contributed by atoms with Crippen molar-refractivity contribution in [3.8, 4) is 0 Å². The summed E-state index contributed by atoms with van der Waals surface area (Å²) in [6.45, 7) is 4.51. The average Bonchev–Trinajstić information content (AvgIpc) is 2.92. The van der Waals surface area contributed by atoms with E-state index in [-0.39, 0.29) is 6.04 Å². The Morgan fingerprint density at radius 3 is 2.56 bits per heavy atom. The first-order chi connectivity index (χ1) is 8.59. The van der Waals surface area contributed by atoms with E-state index in [9.17, 15) is 5.11 Å². The van der Waals surface area contributed by atoms with Crippen LogP contribution in [0.2, 0.25) is 0 Å². The van der Waals surface area contributed by atoms with Gasteiger partial charge in [0.05, 0.1) is 0 Å². The molecule has 1 aromatic carbocycles. The molecule has 0 amide bonds. The first-order valence-electron chi connectivity index (χ1n) is 6.14. The number of hydrogen-bond acceptors (Lipinski definition) is 3. The van der Waals surface area contributed by atoms with Crippen molar-refractivity contribution in [1.82, 2.24) is 5.32 Å². The minimum Gasteiger partial charge on any atom is -0.383 e. The molecule has 0 saturated carbocycles. The maximum absolute atomic E-state index is 10.4. The maximum atomic E-state index is 10.4. The molecule has 1 heterocycles. The minimum atomic E-state index is -0.808. The number of thiophene rings is 1. The molecule has 2 aromatic rings. The number of aliphatic hydroxyl groups is 1. The van der Waals surface area contributed by atoms with Crippen molar-refractivity contribution >= 4 is 11.3 Å². The Kier molecular flexibility index (Phi) is 4.17. The lowest BCUT2D eigenvalue weighted by atomic mass is 10.0. The van der Waals surface area contributed by atoms with Gasteiger partial charge in [-0.25, -0.2) is 0 Å². The molecule has 2 rings (SSSR count). The van der Waals surface area contributed by atoms with Crippen LogP contribution in [0.4, 0.5) is 0 Å². The molecule has 0 aliphatic carbocycles. The molecule has 2 N–H and O–H groups in total. The highest BCUT2D eigenvalue weighted by Crippen LogP contribution is 2.25. The monoisotopic (exact) mass is 261 g/mol. The Hall–Kier alpha value is -1.16. The van der Waals surface area contributed by atoms with Crippen molar-refractivity contribution in [2.24, 2.45) is 0 Å². The number of benzene rings is 1. The summed E-state index contributed by atoms with van der Waals surface area (Å²) in [6, 6.07) is 14.4. The van der Waals surface area contributed by atoms with E-state index in [1.165, 1.54) is 5.56 Å². The molecule has 0 bridgehead atoms. The van der Waals surface area contributed by atoms with Crippen LogP contribution in [0.5, 0.6) is 0 Å². The summed E-state index contributed by atoms with van der Waals surface area (Å²) in [6.07, 6.45) is 0. The fraction of sp³-hybridized carbons (Fsp3) is 0.333. The van der Waals surface area contributed by atoms with Crippen molar-refractivity contribution in [2.75, 3.05) is 6.54 Å². The summed E-state index contributed by atoms with van der Waals surface area (Å²) in [5.74, 6) is 0. The predicted octanol–water partition coefficient (Wildman–Crippen LogP) is 3.31. The molecule has 0 saturated heterocycles. The number of rotatable bonds is 5. The molecule has 2 nitrogen and oxygen atoms in total. The third-order valence-corrected chi connectivity index (χ3v) is 4.23. The van der Waals surface area contributed by atoms with Gasteiger partial charge in [0.15, 0.2) is 0 Å². The van der Waals surface area contributed by atoms with Crippen LogP contribution < -0.4 is 5.32 Å². The summed E-state index contributed by atoms with van der Waals surface area (Å²) >= 11 is 1.59. The average molecular weight is 261 g/mol. The number of hydrogen-bond donors (Lipinski definition) is 2. The fourth-order valence-corrected chi connectivity index (χ4v) is 2.67. The zero-order chi connectivity index (χ0) is 13.0. The van der Waals surface area contributed by atoms with Crippen LogP contribution in [0.3, 0.4) is 0 Å². The first-order valence-corrected chi connectivity index (χ1v) is 7.02. The molecule has 3 heteroatoms. The lowest BCUT2D eigenvalue weighted by Gasteiger charge is -2.25. The Morgan fingerprint density at radius 1 is 1.22 bits per heavy atom. The van der Waals surface area contributed by atoms with E-state index in [1.807, 2.05) is 42.6 Å². The van der Waals surface area contributed by atoms with E-state index in [2.05, 4.69) is 24.4 Å². The lowest BCUT2D eigenvalue weighted by molar-refractivity contribution is 0.0581. The highest BCUT2D eigenvalue weighted by Gasteiger charge is 2.24. The normalized spacial score (nSPS) is 16.2. The minimum absolute atomic E-state index is 0.234. The van der Waals surface area contributed by atoms with Gasteiger partial charge in [-0.1, -0.05) is 36.4 Å². The van der Waals surface area contributed by atoms with Crippen molar-refractivity contribution < 1.29 is 5.11 Å². The summed E-state index contributed by atoms with van der Waals surface area (Å²) in [7, 11) is 0. The summed E-state index contributed by atoms with van der Waals surface area (Å²) in [5, 5.41) is 15.8. The van der Waals surface area contributed by atoms with Crippen LogP contribution in [0.15, 0.2) is 47.8 Å². The van der Waals surface area contributed by atoms with Gasteiger partial charge in [0.2, 0.25) is 0 Å². The van der Waals surface area contributed by atoms with Crippen molar-refractivity contribution in [1.29, 1.82) is 0 Å². The Morgan fingerprint density at radius 2 is 1.94 bits per heavy atom. The summed E-state index contributed by atoms with van der Waals surface area (Å²) in [5.41, 5.74) is 0.427. The molecule has 2 atom stereocenters. The van der Waals surface area contributed by atoms with E-state index in [1.54, 1.807) is 11.3 Å². The molecule has 18 heavy (non-hydrogen) atoms. The number of nitrogens with one attached hydrogen (secondary N) is 1. The van der Waals surface area contributed by atoms with E-state index in [4.69, 9.17) is 0 Å². The summed E-state index contributed by atoms with van der Waals surface area (Å²) < 4.78 is 0. The molecule has 0 aliphatic rings. The van der Waals surface area contributed by atoms with Gasteiger partial charge in [0.25, 0.3) is 0 Å². The van der Waals surface area contributed by atoms with Crippen molar-refractivity contribution in [3.63, 3.8) is 0 Å². The Labute approximate surface area is 112 Å². The topological polar surface area (TPSA) is 32.3 Å². The smallest absolute Gasteiger partial charge is 0.108 e. The zero-order valence-corrected chi connectivity index (χ0v) is 11.6. The molecule has 96 valence electrons. The van der Waals surface area contributed by atoms with Gasteiger partial charge in [-0.3, -0.25) is 0 Å². The molecule has 2 unspecified atom stereocenters. The third kappa shape index (κ3) is 3.19.